The van der Waals surface area contributed by atoms with E-state index in [9.17, 15) is 54.4 Å². The molecule has 0 spiro atoms. The Labute approximate surface area is 317 Å². The maximum Gasteiger partial charge on any atom is 0.410 e. The van der Waals surface area contributed by atoms with E-state index in [1.807, 2.05) is 0 Å². The van der Waals surface area contributed by atoms with Gasteiger partial charge in [-0.15, -0.1) is 11.8 Å². The number of β-lactam (4-membered cyclic amide) rings is 1. The van der Waals surface area contributed by atoms with Gasteiger partial charge in [-0.1, -0.05) is 6.92 Å². The number of hydrogen-bond donors (Lipinski definition) is 3. The minimum absolute atomic E-state index is 0.0187. The van der Waals surface area contributed by atoms with Crippen molar-refractivity contribution < 1.29 is 53.5 Å². The number of aliphatic hydroxyl groups is 1. The third-order valence-electron chi connectivity index (χ3n) is 10.2. The lowest BCUT2D eigenvalue weighted by molar-refractivity contribution is -0.385. The number of ether oxygens (including phenoxy) is 2. The van der Waals surface area contributed by atoms with Gasteiger partial charge in [0.15, 0.2) is 0 Å². The van der Waals surface area contributed by atoms with Gasteiger partial charge in [-0.3, -0.25) is 34.7 Å². The second-order valence-corrected chi connectivity index (χ2v) is 15.2. The lowest BCUT2D eigenvalue weighted by Gasteiger charge is -2.46. The van der Waals surface area contributed by atoms with Gasteiger partial charge in [-0.25, -0.2) is 14.4 Å². The predicted octanol–water partition coefficient (Wildman–Crippen LogP) is 3.00. The van der Waals surface area contributed by atoms with Crippen molar-refractivity contribution >= 4 is 53.1 Å². The summed E-state index contributed by atoms with van der Waals surface area (Å²) in [4.78, 5) is 90.5. The van der Waals surface area contributed by atoms with E-state index in [1.54, 1.807) is 6.92 Å². The molecule has 19 nitrogen and oxygen atoms in total. The van der Waals surface area contributed by atoms with Crippen LogP contribution in [-0.4, -0.2) is 114 Å². The Morgan fingerprint density at radius 3 is 2.04 bits per heavy atom. The van der Waals surface area contributed by atoms with E-state index in [-0.39, 0.29) is 56.3 Å². The number of thioether (sulfide) groups is 1. The fraction of sp³-hybridized carbons (Fsp3) is 0.457. The average molecular weight is 783 g/mol. The third-order valence-corrected chi connectivity index (χ3v) is 11.7. The zero-order chi connectivity index (χ0) is 39.7. The molecular formula is C35H38N6O13S. The number of carbonyl (C=O) groups is 5. The Morgan fingerprint density at radius 2 is 1.51 bits per heavy atom. The number of non-ortho nitro benzene ring substituents is 2. The summed E-state index contributed by atoms with van der Waals surface area (Å²) < 4.78 is 10.9. The molecule has 0 radical (unpaired) electrons. The van der Waals surface area contributed by atoms with Crippen LogP contribution in [-0.2, 0) is 37.1 Å². The molecule has 2 aromatic rings. The highest BCUT2D eigenvalue weighted by Gasteiger charge is 2.60. The Hall–Kier alpha value is -5.76. The number of amides is 4. The van der Waals surface area contributed by atoms with Crippen molar-refractivity contribution in [3.05, 3.63) is 90.5 Å². The highest BCUT2D eigenvalue weighted by molar-refractivity contribution is 8.03. The normalized spacial score (nSPS) is 24.9. The lowest BCUT2D eigenvalue weighted by atomic mass is 9.79. The van der Waals surface area contributed by atoms with Crippen LogP contribution in [0.1, 0.15) is 37.8 Å². The van der Waals surface area contributed by atoms with E-state index in [4.69, 9.17) is 9.47 Å². The van der Waals surface area contributed by atoms with Gasteiger partial charge >= 0.3 is 18.2 Å². The molecule has 4 aliphatic heterocycles. The molecule has 3 N–H and O–H groups in total. The summed E-state index contributed by atoms with van der Waals surface area (Å²) in [6, 6.07) is 8.89. The molecule has 292 valence electrons. The van der Waals surface area contributed by atoms with Crippen LogP contribution >= 0.6 is 11.8 Å². The monoisotopic (exact) mass is 782 g/mol. The number of carboxylic acids is 1. The number of likely N-dealkylation sites (tertiary alicyclic amines) is 2. The maximum atomic E-state index is 13.8. The molecule has 3 saturated heterocycles. The first kappa shape index (κ1) is 38.9. The van der Waals surface area contributed by atoms with Crippen LogP contribution in [0.4, 0.5) is 21.0 Å². The van der Waals surface area contributed by atoms with E-state index in [2.05, 4.69) is 5.32 Å². The highest BCUT2D eigenvalue weighted by atomic mass is 32.2. The summed E-state index contributed by atoms with van der Waals surface area (Å²) in [5.74, 6) is -3.52. The number of rotatable bonds is 12. The lowest BCUT2D eigenvalue weighted by Crippen LogP contribution is -2.63. The Balaban J connectivity index is 1.12. The molecule has 0 bridgehead atoms. The molecule has 6 rings (SSSR count). The second kappa shape index (κ2) is 15.9. The number of aliphatic hydroxyl groups excluding tert-OH is 1. The minimum Gasteiger partial charge on any atom is -0.477 e. The molecular weight excluding hydrogens is 744 g/mol. The summed E-state index contributed by atoms with van der Waals surface area (Å²) in [6.07, 6.45) is -1.99. The fourth-order valence-electron chi connectivity index (χ4n) is 7.42. The van der Waals surface area contributed by atoms with Gasteiger partial charge in [0, 0.05) is 66.0 Å². The SMILES string of the molecule is C[C@@H](O)[C@H]1C(=O)N2C(C(=O)O)=C(S[C@H]3C[C@@H](C(=O)N[C@@H]4CCN(C(=O)OCc5ccc([N+](=O)[O-])cc5)C4)N(C(=O)OCc4ccc([N+](=O)[O-])cc4)C3)[C@H](C)[C@H]12. The maximum absolute atomic E-state index is 13.8. The number of hydrogen-bond acceptors (Lipinski definition) is 13. The number of fused-ring (bicyclic) bond motifs is 1. The number of aliphatic carboxylic acids is 1. The van der Waals surface area contributed by atoms with Crippen molar-refractivity contribution in [2.75, 3.05) is 19.6 Å². The van der Waals surface area contributed by atoms with Gasteiger partial charge in [0.25, 0.3) is 11.4 Å². The van der Waals surface area contributed by atoms with E-state index in [0.717, 1.165) is 11.8 Å². The molecule has 55 heavy (non-hydrogen) atoms. The molecule has 20 heteroatoms. The summed E-state index contributed by atoms with van der Waals surface area (Å²) in [5.41, 5.74) is 0.594. The zero-order valence-corrected chi connectivity index (χ0v) is 30.5. The molecule has 0 aliphatic carbocycles. The van der Waals surface area contributed by atoms with Gasteiger partial charge < -0.3 is 34.8 Å². The summed E-state index contributed by atoms with van der Waals surface area (Å²) >= 11 is 1.16. The van der Waals surface area contributed by atoms with Crippen molar-refractivity contribution in [3.8, 4) is 0 Å². The van der Waals surface area contributed by atoms with Crippen molar-refractivity contribution in [2.24, 2.45) is 11.8 Å². The second-order valence-electron chi connectivity index (χ2n) is 13.8. The Bertz CT molecular complexity index is 1920. The Morgan fingerprint density at radius 1 is 0.945 bits per heavy atom. The number of nitrogens with zero attached hydrogens (tertiary/aromatic N) is 5. The van der Waals surface area contributed by atoms with E-state index < -0.39 is 81.1 Å². The first-order chi connectivity index (χ1) is 26.1. The summed E-state index contributed by atoms with van der Waals surface area (Å²) in [7, 11) is 0. The molecule has 0 aromatic heterocycles. The smallest absolute Gasteiger partial charge is 0.410 e. The number of nitro groups is 2. The van der Waals surface area contributed by atoms with E-state index in [0.29, 0.717) is 22.5 Å². The number of nitro benzene ring substituents is 2. The van der Waals surface area contributed by atoms with E-state index >= 15 is 0 Å². The molecule has 4 aliphatic rings. The van der Waals surface area contributed by atoms with Gasteiger partial charge in [0.1, 0.15) is 25.0 Å². The van der Waals surface area contributed by atoms with Gasteiger partial charge in [-0.05, 0) is 55.2 Å². The van der Waals surface area contributed by atoms with Gasteiger partial charge in [-0.2, -0.15) is 0 Å². The van der Waals surface area contributed by atoms with Crippen LogP contribution in [0.3, 0.4) is 0 Å². The first-order valence-electron chi connectivity index (χ1n) is 17.4. The largest absolute Gasteiger partial charge is 0.477 e. The molecule has 7 atom stereocenters. The van der Waals surface area contributed by atoms with Crippen molar-refractivity contribution in [1.82, 2.24) is 20.0 Å². The number of carboxylic acid groups (broad SMARTS) is 1. The van der Waals surface area contributed by atoms with Crippen LogP contribution in [0, 0.1) is 32.1 Å². The van der Waals surface area contributed by atoms with Gasteiger partial charge in [0.05, 0.1) is 27.9 Å². The number of nitrogens with one attached hydrogen (secondary N) is 1. The number of carbonyl (C=O) groups excluding carboxylic acids is 4. The highest BCUT2D eigenvalue weighted by Crippen LogP contribution is 2.52. The van der Waals surface area contributed by atoms with Crippen LogP contribution < -0.4 is 5.32 Å². The molecule has 4 heterocycles. The Kier molecular flexibility index (Phi) is 11.3. The quantitative estimate of drug-likeness (QED) is 0.159. The van der Waals surface area contributed by atoms with Crippen LogP contribution in [0.25, 0.3) is 0 Å². The third kappa shape index (κ3) is 8.04. The number of benzene rings is 2. The van der Waals surface area contributed by atoms with Gasteiger partial charge in [0.2, 0.25) is 11.8 Å². The van der Waals surface area contributed by atoms with Crippen molar-refractivity contribution in [1.29, 1.82) is 0 Å². The minimum atomic E-state index is -1.31. The molecule has 0 unspecified atom stereocenters. The van der Waals surface area contributed by atoms with Crippen LogP contribution in [0.2, 0.25) is 0 Å². The summed E-state index contributed by atoms with van der Waals surface area (Å²) in [6.45, 7) is 3.25. The van der Waals surface area contributed by atoms with Crippen molar-refractivity contribution in [3.63, 3.8) is 0 Å². The molecule has 4 amide bonds. The van der Waals surface area contributed by atoms with E-state index in [1.165, 1.54) is 70.2 Å². The zero-order valence-electron chi connectivity index (χ0n) is 29.6. The van der Waals surface area contributed by atoms with Crippen LogP contribution in [0.15, 0.2) is 59.1 Å². The van der Waals surface area contributed by atoms with Crippen LogP contribution in [0.5, 0.6) is 0 Å². The standard InChI is InChI=1S/C35H38N6O13S/c1-18-28-27(19(2)42)32(44)39(28)29(33(45)46)30(18)55-25-13-26(38(15-25)35(48)54-17-21-5-9-24(10-6-21)41(51)52)31(43)36-22-11-12-37(14-22)34(47)53-16-20-3-7-23(8-4-20)40(49)50/h3-10,18-19,22,25-28,42H,11-17H2,1-2H3,(H,36,43)(H,45,46)/t18-,19-,22-,25+,26+,27-,28-/m1/s1. The average Bonchev–Trinajstić information content (AvgIpc) is 3.85. The molecule has 0 saturated carbocycles. The topological polar surface area (TPSA) is 252 Å². The van der Waals surface area contributed by atoms with Crippen molar-refractivity contribution in [2.45, 2.75) is 69.4 Å². The first-order valence-corrected chi connectivity index (χ1v) is 18.3. The predicted molar refractivity (Wildman–Crippen MR) is 191 cm³/mol. The molecule has 3 fully saturated rings. The summed E-state index contributed by atoms with van der Waals surface area (Å²) in [5, 5.41) is 44.7. The molecule has 2 aromatic carbocycles. The fourth-order valence-corrected chi connectivity index (χ4v) is 8.95.